The molecule has 0 saturated carbocycles. The lowest BCUT2D eigenvalue weighted by atomic mass is 10.1. The maximum absolute atomic E-state index is 12.1. The van der Waals surface area contributed by atoms with Gasteiger partial charge in [-0.3, -0.25) is 4.99 Å². The van der Waals surface area contributed by atoms with Crippen LogP contribution in [0.3, 0.4) is 0 Å². The molecule has 1 heterocycles. The maximum Gasteiger partial charge on any atom is 0.573 e. The number of hydrogen-bond acceptors (Lipinski definition) is 4. The molecule has 0 spiro atoms. The first-order chi connectivity index (χ1) is 11.5. The van der Waals surface area contributed by atoms with Gasteiger partial charge in [0.05, 0.1) is 6.26 Å². The highest BCUT2D eigenvalue weighted by atomic mass is 32.2. The highest BCUT2D eigenvalue weighted by Gasteiger charge is 2.31. The van der Waals surface area contributed by atoms with Crippen molar-refractivity contribution in [2.24, 2.45) is 16.6 Å². The smallest absolute Gasteiger partial charge is 0.406 e. The highest BCUT2D eigenvalue weighted by Crippen LogP contribution is 2.24. The molecule has 1 atom stereocenters. The van der Waals surface area contributed by atoms with E-state index in [4.69, 9.17) is 5.73 Å². The molecule has 0 aromatic heterocycles. The van der Waals surface area contributed by atoms with Crippen molar-refractivity contribution in [3.05, 3.63) is 24.3 Å². The number of rotatable bonds is 5. The van der Waals surface area contributed by atoms with Gasteiger partial charge in [-0.2, -0.15) is 0 Å². The molecule has 0 radical (unpaired) electrons. The standard InChI is InChI=1S/C14H19F3N4O3S/c1-25(22,23)21-7-6-10(9-21)8-19-13(18)20-11-2-4-12(5-3-11)24-14(15,16)17/h2-5,10H,6-9H2,1H3,(H3,18,19,20). The van der Waals surface area contributed by atoms with E-state index in [0.717, 1.165) is 12.1 Å². The Morgan fingerprint density at radius 2 is 2.04 bits per heavy atom. The van der Waals surface area contributed by atoms with Crippen LogP contribution in [0.4, 0.5) is 18.9 Å². The molecule has 11 heteroatoms. The van der Waals surface area contributed by atoms with Crippen molar-refractivity contribution in [3.8, 4) is 5.75 Å². The molecule has 3 N–H and O–H groups in total. The first kappa shape index (κ1) is 19.3. The van der Waals surface area contributed by atoms with E-state index in [1.54, 1.807) is 0 Å². The Hall–Kier alpha value is -2.01. The first-order valence-electron chi connectivity index (χ1n) is 7.41. The lowest BCUT2D eigenvalue weighted by Crippen LogP contribution is -2.28. The second-order valence-corrected chi connectivity index (χ2v) is 7.68. The van der Waals surface area contributed by atoms with E-state index >= 15 is 0 Å². The largest absolute Gasteiger partial charge is 0.573 e. The second kappa shape index (κ2) is 7.48. The van der Waals surface area contributed by atoms with Crippen molar-refractivity contribution in [2.45, 2.75) is 12.8 Å². The minimum absolute atomic E-state index is 0.0811. The van der Waals surface area contributed by atoms with Crippen LogP contribution in [0.25, 0.3) is 0 Å². The summed E-state index contributed by atoms with van der Waals surface area (Å²) in [6.45, 7) is 1.23. The van der Waals surface area contributed by atoms with Gasteiger partial charge in [-0.15, -0.1) is 13.2 Å². The predicted molar refractivity (Wildman–Crippen MR) is 87.8 cm³/mol. The lowest BCUT2D eigenvalue weighted by molar-refractivity contribution is -0.274. The van der Waals surface area contributed by atoms with Gasteiger partial charge in [0.2, 0.25) is 10.0 Å². The summed E-state index contributed by atoms with van der Waals surface area (Å²) in [7, 11) is -3.19. The van der Waals surface area contributed by atoms with Gasteiger partial charge in [-0.05, 0) is 36.6 Å². The average Bonchev–Trinajstić information content (AvgIpc) is 2.95. The number of alkyl halides is 3. The van der Waals surface area contributed by atoms with E-state index in [-0.39, 0.29) is 17.6 Å². The molecule has 1 unspecified atom stereocenters. The number of guanidine groups is 1. The van der Waals surface area contributed by atoms with E-state index in [9.17, 15) is 21.6 Å². The fourth-order valence-electron chi connectivity index (χ4n) is 2.40. The van der Waals surface area contributed by atoms with Crippen LogP contribution in [0, 0.1) is 5.92 Å². The molecule has 1 aromatic carbocycles. The van der Waals surface area contributed by atoms with Crippen LogP contribution in [0.2, 0.25) is 0 Å². The number of nitrogens with zero attached hydrogens (tertiary/aromatic N) is 2. The summed E-state index contributed by atoms with van der Waals surface area (Å²) in [5.41, 5.74) is 6.20. The van der Waals surface area contributed by atoms with Crippen molar-refractivity contribution >= 4 is 21.7 Å². The predicted octanol–water partition coefficient (Wildman–Crippen LogP) is 1.59. The van der Waals surface area contributed by atoms with Gasteiger partial charge in [-0.1, -0.05) is 0 Å². The third-order valence-corrected chi connectivity index (χ3v) is 4.87. The van der Waals surface area contributed by atoms with Crippen LogP contribution in [0.1, 0.15) is 6.42 Å². The summed E-state index contributed by atoms with van der Waals surface area (Å²) in [5.74, 6) is -0.152. The summed E-state index contributed by atoms with van der Waals surface area (Å²) in [6.07, 6.45) is -2.87. The van der Waals surface area contributed by atoms with Crippen LogP contribution in [0.15, 0.2) is 29.3 Å². The van der Waals surface area contributed by atoms with Gasteiger partial charge in [0.1, 0.15) is 5.75 Å². The zero-order chi connectivity index (χ0) is 18.7. The third kappa shape index (κ3) is 6.42. The van der Waals surface area contributed by atoms with Gasteiger partial charge in [-0.25, -0.2) is 12.7 Å². The summed E-state index contributed by atoms with van der Waals surface area (Å²) in [4.78, 5) is 4.15. The van der Waals surface area contributed by atoms with Crippen molar-refractivity contribution in [1.82, 2.24) is 4.31 Å². The van der Waals surface area contributed by atoms with Crippen LogP contribution in [-0.2, 0) is 10.0 Å². The van der Waals surface area contributed by atoms with Gasteiger partial charge in [0.25, 0.3) is 0 Å². The molecule has 1 saturated heterocycles. The highest BCUT2D eigenvalue weighted by molar-refractivity contribution is 7.88. The van der Waals surface area contributed by atoms with Gasteiger partial charge < -0.3 is 15.8 Å². The van der Waals surface area contributed by atoms with E-state index in [1.165, 1.54) is 22.7 Å². The SMILES string of the molecule is CS(=O)(=O)N1CCC(CN=C(N)Nc2ccc(OC(F)(F)F)cc2)C1. The number of sulfonamides is 1. The molecule has 2 rings (SSSR count). The fourth-order valence-corrected chi connectivity index (χ4v) is 3.32. The van der Waals surface area contributed by atoms with E-state index < -0.39 is 16.4 Å². The van der Waals surface area contributed by atoms with E-state index in [1.807, 2.05) is 0 Å². The molecule has 1 aliphatic rings. The van der Waals surface area contributed by atoms with E-state index in [0.29, 0.717) is 31.7 Å². The molecule has 1 fully saturated rings. The van der Waals surface area contributed by atoms with Crippen LogP contribution < -0.4 is 15.8 Å². The minimum atomic E-state index is -4.74. The Bertz CT molecular complexity index is 720. The summed E-state index contributed by atoms with van der Waals surface area (Å²) in [6, 6.07) is 5.07. The number of halogens is 3. The molecule has 1 aliphatic heterocycles. The Morgan fingerprint density at radius 1 is 1.40 bits per heavy atom. The molecule has 1 aromatic rings. The van der Waals surface area contributed by atoms with Crippen molar-refractivity contribution in [1.29, 1.82) is 0 Å². The number of anilines is 1. The quantitative estimate of drug-likeness (QED) is 0.597. The zero-order valence-corrected chi connectivity index (χ0v) is 14.3. The van der Waals surface area contributed by atoms with Crippen LogP contribution in [0.5, 0.6) is 5.75 Å². The third-order valence-electron chi connectivity index (χ3n) is 3.60. The summed E-state index contributed by atoms with van der Waals surface area (Å²) < 4.78 is 64.3. The minimum Gasteiger partial charge on any atom is -0.406 e. The second-order valence-electron chi connectivity index (χ2n) is 5.70. The first-order valence-corrected chi connectivity index (χ1v) is 9.25. The van der Waals surface area contributed by atoms with Crippen LogP contribution in [-0.4, -0.2) is 50.9 Å². The van der Waals surface area contributed by atoms with Crippen LogP contribution >= 0.6 is 0 Å². The maximum atomic E-state index is 12.1. The number of nitrogens with one attached hydrogen (secondary N) is 1. The van der Waals surface area contributed by atoms with Crippen molar-refractivity contribution < 1.29 is 26.3 Å². The Kier molecular flexibility index (Phi) is 5.78. The van der Waals surface area contributed by atoms with Gasteiger partial charge in [0.15, 0.2) is 5.96 Å². The number of benzene rings is 1. The lowest BCUT2D eigenvalue weighted by Gasteiger charge is -2.12. The average molecular weight is 380 g/mol. The molecular weight excluding hydrogens is 361 g/mol. The molecule has 140 valence electrons. The summed E-state index contributed by atoms with van der Waals surface area (Å²) >= 11 is 0. The Labute approximate surface area is 143 Å². The topological polar surface area (TPSA) is 97.0 Å². The monoisotopic (exact) mass is 380 g/mol. The number of nitrogens with two attached hydrogens (primary N) is 1. The number of ether oxygens (including phenoxy) is 1. The molecule has 7 nitrogen and oxygen atoms in total. The summed E-state index contributed by atoms with van der Waals surface area (Å²) in [5, 5.41) is 2.76. The van der Waals surface area contributed by atoms with E-state index in [2.05, 4.69) is 15.0 Å². The molecule has 25 heavy (non-hydrogen) atoms. The molecular formula is C14H19F3N4O3S. The normalized spacial score (nSPS) is 19.8. The zero-order valence-electron chi connectivity index (χ0n) is 13.5. The number of hydrogen-bond donors (Lipinski definition) is 2. The fraction of sp³-hybridized carbons (Fsp3) is 0.500. The Morgan fingerprint density at radius 3 is 2.56 bits per heavy atom. The number of aliphatic imine (C=N–C) groups is 1. The van der Waals surface area contributed by atoms with Crippen molar-refractivity contribution in [2.75, 3.05) is 31.2 Å². The van der Waals surface area contributed by atoms with Crippen molar-refractivity contribution in [3.63, 3.8) is 0 Å². The molecule has 0 aliphatic carbocycles. The van der Waals surface area contributed by atoms with Gasteiger partial charge >= 0.3 is 6.36 Å². The Balaban J connectivity index is 1.85. The molecule has 0 amide bonds. The van der Waals surface area contributed by atoms with Gasteiger partial charge in [0, 0.05) is 25.3 Å². The molecule has 0 bridgehead atoms.